The number of hydrogen-bond donors (Lipinski definition) is 0. The van der Waals surface area contributed by atoms with Gasteiger partial charge in [-0.1, -0.05) is 6.92 Å². The Morgan fingerprint density at radius 1 is 1.14 bits per heavy atom. The first-order valence-electron chi connectivity index (χ1n) is 7.83. The van der Waals surface area contributed by atoms with Gasteiger partial charge < -0.3 is 4.90 Å². The van der Waals surface area contributed by atoms with Crippen molar-refractivity contribution in [3.63, 3.8) is 0 Å². The first kappa shape index (κ1) is 15.2. The quantitative estimate of drug-likeness (QED) is 0.867. The number of rotatable bonds is 3. The fraction of sp³-hybridized carbons (Fsp3) is 0.471. The zero-order valence-corrected chi connectivity index (χ0v) is 13.1. The Hall–Kier alpha value is -1.75. The summed E-state index contributed by atoms with van der Waals surface area (Å²) in [6.45, 7) is 8.92. The third kappa shape index (κ3) is 2.77. The van der Waals surface area contributed by atoms with Crippen molar-refractivity contribution < 1.29 is 8.78 Å². The predicted molar refractivity (Wildman–Crippen MR) is 85.3 cm³/mol. The highest BCUT2D eigenvalue weighted by atomic mass is 19.2. The minimum absolute atomic E-state index is 0.131. The first-order chi connectivity index (χ1) is 10.6. The third-order valence-electron chi connectivity index (χ3n) is 4.23. The van der Waals surface area contributed by atoms with Crippen molar-refractivity contribution in [1.29, 1.82) is 0 Å². The number of halogens is 2. The van der Waals surface area contributed by atoms with Gasteiger partial charge in [-0.15, -0.1) is 0 Å². The molecule has 0 saturated carbocycles. The van der Waals surface area contributed by atoms with Gasteiger partial charge in [0.05, 0.1) is 0 Å². The molecule has 0 bridgehead atoms. The maximum atomic E-state index is 14.0. The van der Waals surface area contributed by atoms with Crippen LogP contribution in [0.4, 0.5) is 14.5 Å². The smallest absolute Gasteiger partial charge is 0.185 e. The van der Waals surface area contributed by atoms with E-state index in [1.54, 1.807) is 6.07 Å². The molecule has 118 valence electrons. The molecule has 0 aliphatic carbocycles. The second-order valence-corrected chi connectivity index (χ2v) is 5.87. The summed E-state index contributed by atoms with van der Waals surface area (Å²) in [7, 11) is 0. The Labute approximate surface area is 129 Å². The molecule has 0 unspecified atom stereocenters. The number of fused-ring (bicyclic) bond motifs is 1. The standard InChI is InChI=1S/C17H21F2N3/c1-3-6-21-7-9-22(10-8-21)15-11-12(2)20-17-13(15)4-5-14(18)16(17)19/h4-5,11H,3,6-10H2,1-2H3. The molecule has 0 N–H and O–H groups in total. The second-order valence-electron chi connectivity index (χ2n) is 5.87. The molecule has 3 nitrogen and oxygen atoms in total. The maximum Gasteiger partial charge on any atom is 0.185 e. The number of aromatic nitrogens is 1. The Morgan fingerprint density at radius 2 is 1.86 bits per heavy atom. The normalized spacial score (nSPS) is 16.5. The lowest BCUT2D eigenvalue weighted by Crippen LogP contribution is -2.46. The third-order valence-corrected chi connectivity index (χ3v) is 4.23. The minimum Gasteiger partial charge on any atom is -0.368 e. The van der Waals surface area contributed by atoms with E-state index in [4.69, 9.17) is 0 Å². The Bertz CT molecular complexity index is 679. The highest BCUT2D eigenvalue weighted by Crippen LogP contribution is 2.30. The molecule has 0 atom stereocenters. The van der Waals surface area contributed by atoms with Crippen LogP contribution in [0.1, 0.15) is 19.0 Å². The molecule has 2 heterocycles. The molecule has 1 saturated heterocycles. The van der Waals surface area contributed by atoms with E-state index in [0.29, 0.717) is 11.1 Å². The molecule has 1 aromatic heterocycles. The number of hydrogen-bond acceptors (Lipinski definition) is 3. The molecule has 1 fully saturated rings. The van der Waals surface area contributed by atoms with Crippen LogP contribution in [0.2, 0.25) is 0 Å². The van der Waals surface area contributed by atoms with Gasteiger partial charge in [0, 0.05) is 42.9 Å². The van der Waals surface area contributed by atoms with Crippen molar-refractivity contribution in [3.05, 3.63) is 35.5 Å². The van der Waals surface area contributed by atoms with E-state index in [2.05, 4.69) is 21.7 Å². The van der Waals surface area contributed by atoms with Crippen molar-refractivity contribution >= 4 is 16.6 Å². The van der Waals surface area contributed by atoms with Gasteiger partial charge in [-0.3, -0.25) is 4.90 Å². The van der Waals surface area contributed by atoms with Gasteiger partial charge in [0.1, 0.15) is 5.52 Å². The second kappa shape index (κ2) is 6.16. The zero-order chi connectivity index (χ0) is 15.7. The summed E-state index contributed by atoms with van der Waals surface area (Å²) in [6, 6.07) is 4.79. The van der Waals surface area contributed by atoms with Crippen LogP contribution in [0.15, 0.2) is 18.2 Å². The van der Waals surface area contributed by atoms with E-state index in [9.17, 15) is 8.78 Å². The fourth-order valence-electron chi connectivity index (χ4n) is 3.13. The van der Waals surface area contributed by atoms with Crippen LogP contribution in [-0.2, 0) is 0 Å². The molecule has 0 amide bonds. The van der Waals surface area contributed by atoms with Crippen LogP contribution >= 0.6 is 0 Å². The lowest BCUT2D eigenvalue weighted by atomic mass is 10.1. The average molecular weight is 305 g/mol. The molecule has 0 radical (unpaired) electrons. The maximum absolute atomic E-state index is 14.0. The van der Waals surface area contributed by atoms with Crippen LogP contribution in [0.25, 0.3) is 10.9 Å². The molecule has 22 heavy (non-hydrogen) atoms. The van der Waals surface area contributed by atoms with Crippen LogP contribution in [-0.4, -0.2) is 42.6 Å². The number of anilines is 1. The monoisotopic (exact) mass is 305 g/mol. The predicted octanol–water partition coefficient (Wildman–Crippen LogP) is 3.35. The highest BCUT2D eigenvalue weighted by Gasteiger charge is 2.20. The summed E-state index contributed by atoms with van der Waals surface area (Å²) in [5.74, 6) is -1.70. The van der Waals surface area contributed by atoms with Gasteiger partial charge in [-0.05, 0) is 38.1 Å². The lowest BCUT2D eigenvalue weighted by molar-refractivity contribution is 0.258. The van der Waals surface area contributed by atoms with Crippen molar-refractivity contribution in [3.8, 4) is 0 Å². The summed E-state index contributed by atoms with van der Waals surface area (Å²) in [4.78, 5) is 8.87. The molecule has 0 spiro atoms. The molecule has 1 aromatic carbocycles. The number of aryl methyl sites for hydroxylation is 1. The topological polar surface area (TPSA) is 19.4 Å². The minimum atomic E-state index is -0.855. The van der Waals surface area contributed by atoms with Gasteiger partial charge in [-0.2, -0.15) is 0 Å². The average Bonchev–Trinajstić information content (AvgIpc) is 2.52. The van der Waals surface area contributed by atoms with E-state index >= 15 is 0 Å². The molecule has 5 heteroatoms. The van der Waals surface area contributed by atoms with E-state index in [1.165, 1.54) is 6.07 Å². The fourth-order valence-corrected chi connectivity index (χ4v) is 3.13. The van der Waals surface area contributed by atoms with E-state index < -0.39 is 11.6 Å². The molecule has 1 aliphatic heterocycles. The Balaban J connectivity index is 1.96. The number of piperazine rings is 1. The molecule has 3 rings (SSSR count). The highest BCUT2D eigenvalue weighted by molar-refractivity contribution is 5.92. The summed E-state index contributed by atoms with van der Waals surface area (Å²) in [5.41, 5.74) is 1.80. The first-order valence-corrected chi connectivity index (χ1v) is 7.83. The van der Waals surface area contributed by atoms with Crippen molar-refractivity contribution in [2.75, 3.05) is 37.6 Å². The van der Waals surface area contributed by atoms with Gasteiger partial charge in [0.25, 0.3) is 0 Å². The van der Waals surface area contributed by atoms with Crippen LogP contribution < -0.4 is 4.90 Å². The summed E-state index contributed by atoms with van der Waals surface area (Å²) in [6.07, 6.45) is 1.15. The number of nitrogens with zero attached hydrogens (tertiary/aromatic N) is 3. The Morgan fingerprint density at radius 3 is 2.55 bits per heavy atom. The largest absolute Gasteiger partial charge is 0.368 e. The Kier molecular flexibility index (Phi) is 4.25. The van der Waals surface area contributed by atoms with Gasteiger partial charge in [0.15, 0.2) is 11.6 Å². The number of pyridine rings is 1. The molecular weight excluding hydrogens is 284 g/mol. The molecule has 1 aliphatic rings. The van der Waals surface area contributed by atoms with Crippen LogP contribution in [0, 0.1) is 18.6 Å². The molecular formula is C17H21F2N3. The SMILES string of the molecule is CCCN1CCN(c2cc(C)nc3c(F)c(F)ccc23)CC1. The van der Waals surface area contributed by atoms with Crippen molar-refractivity contribution in [2.45, 2.75) is 20.3 Å². The zero-order valence-electron chi connectivity index (χ0n) is 13.1. The van der Waals surface area contributed by atoms with E-state index in [1.807, 2.05) is 13.0 Å². The van der Waals surface area contributed by atoms with E-state index in [-0.39, 0.29) is 5.52 Å². The van der Waals surface area contributed by atoms with Gasteiger partial charge in [-0.25, -0.2) is 13.8 Å². The summed E-state index contributed by atoms with van der Waals surface area (Å²) < 4.78 is 27.5. The number of benzene rings is 1. The summed E-state index contributed by atoms with van der Waals surface area (Å²) >= 11 is 0. The van der Waals surface area contributed by atoms with Gasteiger partial charge >= 0.3 is 0 Å². The van der Waals surface area contributed by atoms with Crippen molar-refractivity contribution in [1.82, 2.24) is 9.88 Å². The van der Waals surface area contributed by atoms with Crippen LogP contribution in [0.3, 0.4) is 0 Å². The van der Waals surface area contributed by atoms with Crippen molar-refractivity contribution in [2.24, 2.45) is 0 Å². The van der Waals surface area contributed by atoms with Crippen LogP contribution in [0.5, 0.6) is 0 Å². The summed E-state index contributed by atoms with van der Waals surface area (Å²) in [5, 5.41) is 0.688. The van der Waals surface area contributed by atoms with E-state index in [0.717, 1.165) is 44.8 Å². The molecule has 2 aromatic rings. The lowest BCUT2D eigenvalue weighted by Gasteiger charge is -2.36. The van der Waals surface area contributed by atoms with Gasteiger partial charge in [0.2, 0.25) is 0 Å².